The largest absolute Gasteiger partial charge is 0.478 e. The van der Waals surface area contributed by atoms with Crippen LogP contribution >= 0.6 is 0 Å². The van der Waals surface area contributed by atoms with Crippen molar-refractivity contribution < 1.29 is 9.47 Å². The van der Waals surface area contributed by atoms with Crippen molar-refractivity contribution in [1.82, 2.24) is 9.78 Å². The molecule has 0 spiro atoms. The maximum absolute atomic E-state index is 5.57. The van der Waals surface area contributed by atoms with E-state index in [1.165, 1.54) is 0 Å². The van der Waals surface area contributed by atoms with Crippen LogP contribution in [-0.2, 0) is 11.3 Å². The van der Waals surface area contributed by atoms with E-state index in [0.29, 0.717) is 24.7 Å². The van der Waals surface area contributed by atoms with Crippen LogP contribution in [0.5, 0.6) is 5.88 Å². The van der Waals surface area contributed by atoms with Crippen molar-refractivity contribution in [3.8, 4) is 5.88 Å². The molecule has 0 saturated heterocycles. The molecule has 68 valence electrons. The third-order valence-electron chi connectivity index (χ3n) is 1.47. The van der Waals surface area contributed by atoms with Gasteiger partial charge in [0.2, 0.25) is 0 Å². The molecule has 5 nitrogen and oxygen atoms in total. The highest BCUT2D eigenvalue weighted by molar-refractivity contribution is 5.45. The normalized spacial score (nSPS) is 10.2. The zero-order valence-electron chi connectivity index (χ0n) is 7.28. The van der Waals surface area contributed by atoms with Crippen LogP contribution in [0.4, 0.5) is 5.69 Å². The van der Waals surface area contributed by atoms with E-state index in [2.05, 4.69) is 5.10 Å². The topological polar surface area (TPSA) is 62.3 Å². The molecular formula is C7H13N3O2. The second-order valence-electron chi connectivity index (χ2n) is 2.35. The van der Waals surface area contributed by atoms with Gasteiger partial charge < -0.3 is 15.2 Å². The third kappa shape index (κ3) is 1.88. The summed E-state index contributed by atoms with van der Waals surface area (Å²) in [4.78, 5) is 0. The van der Waals surface area contributed by atoms with Gasteiger partial charge >= 0.3 is 0 Å². The SMILES string of the molecule is COCCn1cc(N)c(OC)n1. The number of anilines is 1. The molecule has 0 amide bonds. The lowest BCUT2D eigenvalue weighted by atomic mass is 10.6. The average Bonchev–Trinajstić information content (AvgIpc) is 2.43. The minimum Gasteiger partial charge on any atom is -0.478 e. The second-order valence-corrected chi connectivity index (χ2v) is 2.35. The fourth-order valence-corrected chi connectivity index (χ4v) is 0.877. The summed E-state index contributed by atoms with van der Waals surface area (Å²) < 4.78 is 11.5. The van der Waals surface area contributed by atoms with Crippen LogP contribution in [0, 0.1) is 0 Å². The Morgan fingerprint density at radius 2 is 2.33 bits per heavy atom. The van der Waals surface area contributed by atoms with Gasteiger partial charge in [-0.1, -0.05) is 0 Å². The highest BCUT2D eigenvalue weighted by Gasteiger charge is 2.03. The van der Waals surface area contributed by atoms with Gasteiger partial charge in [-0.15, -0.1) is 5.10 Å². The van der Waals surface area contributed by atoms with Crippen LogP contribution in [-0.4, -0.2) is 30.6 Å². The quantitative estimate of drug-likeness (QED) is 0.699. The Balaban J connectivity index is 2.62. The fraction of sp³-hybridized carbons (Fsp3) is 0.571. The molecule has 0 radical (unpaired) electrons. The maximum atomic E-state index is 5.57. The number of methoxy groups -OCH3 is 2. The molecule has 1 aromatic rings. The van der Waals surface area contributed by atoms with E-state index in [0.717, 1.165) is 0 Å². The summed E-state index contributed by atoms with van der Waals surface area (Å²) in [5.74, 6) is 0.464. The Bertz CT molecular complexity index is 247. The molecule has 0 aliphatic carbocycles. The molecule has 0 bridgehead atoms. The van der Waals surface area contributed by atoms with Crippen molar-refractivity contribution in [1.29, 1.82) is 0 Å². The molecule has 0 saturated carbocycles. The summed E-state index contributed by atoms with van der Waals surface area (Å²) in [6.45, 7) is 1.30. The Kier molecular flexibility index (Phi) is 2.93. The Morgan fingerprint density at radius 3 is 2.83 bits per heavy atom. The highest BCUT2D eigenvalue weighted by Crippen LogP contribution is 2.16. The van der Waals surface area contributed by atoms with E-state index in [4.69, 9.17) is 15.2 Å². The number of aromatic nitrogens is 2. The van der Waals surface area contributed by atoms with E-state index in [1.807, 2.05) is 0 Å². The summed E-state index contributed by atoms with van der Waals surface area (Å²) in [5.41, 5.74) is 6.12. The van der Waals surface area contributed by atoms with Crippen LogP contribution < -0.4 is 10.5 Å². The van der Waals surface area contributed by atoms with Gasteiger partial charge in [-0.05, 0) is 0 Å². The van der Waals surface area contributed by atoms with Crippen molar-refractivity contribution in [3.05, 3.63) is 6.20 Å². The predicted molar refractivity (Wildman–Crippen MR) is 45.1 cm³/mol. The Morgan fingerprint density at radius 1 is 1.58 bits per heavy atom. The van der Waals surface area contributed by atoms with Gasteiger partial charge in [-0.3, -0.25) is 4.68 Å². The molecule has 0 aromatic carbocycles. The molecular weight excluding hydrogens is 158 g/mol. The van der Waals surface area contributed by atoms with Gasteiger partial charge in [0, 0.05) is 7.11 Å². The minimum atomic E-state index is 0.464. The summed E-state index contributed by atoms with van der Waals surface area (Å²) in [7, 11) is 3.18. The molecule has 12 heavy (non-hydrogen) atoms. The van der Waals surface area contributed by atoms with E-state index in [1.54, 1.807) is 25.1 Å². The summed E-state index contributed by atoms with van der Waals surface area (Å²) in [5, 5.41) is 4.06. The number of nitrogens with zero attached hydrogens (tertiary/aromatic N) is 2. The first kappa shape index (κ1) is 8.86. The molecule has 0 unspecified atom stereocenters. The van der Waals surface area contributed by atoms with Crippen LogP contribution in [0.2, 0.25) is 0 Å². The molecule has 1 aromatic heterocycles. The molecule has 1 rings (SSSR count). The zero-order chi connectivity index (χ0) is 8.97. The zero-order valence-corrected chi connectivity index (χ0v) is 7.28. The summed E-state index contributed by atoms with van der Waals surface area (Å²) >= 11 is 0. The van der Waals surface area contributed by atoms with E-state index >= 15 is 0 Å². The van der Waals surface area contributed by atoms with Crippen molar-refractivity contribution >= 4 is 5.69 Å². The van der Waals surface area contributed by atoms with Gasteiger partial charge in [-0.2, -0.15) is 0 Å². The molecule has 0 aliphatic rings. The van der Waals surface area contributed by atoms with Gasteiger partial charge in [0.05, 0.1) is 26.5 Å². The third-order valence-corrected chi connectivity index (χ3v) is 1.47. The number of nitrogen functional groups attached to an aromatic ring is 1. The van der Waals surface area contributed by atoms with Crippen LogP contribution in [0.1, 0.15) is 0 Å². The number of rotatable bonds is 4. The monoisotopic (exact) mass is 171 g/mol. The van der Waals surface area contributed by atoms with Gasteiger partial charge in [0.25, 0.3) is 5.88 Å². The second kappa shape index (κ2) is 3.96. The maximum Gasteiger partial charge on any atom is 0.256 e. The fourth-order valence-electron chi connectivity index (χ4n) is 0.877. The van der Waals surface area contributed by atoms with Crippen LogP contribution in [0.25, 0.3) is 0 Å². The molecule has 1 heterocycles. The summed E-state index contributed by atoms with van der Waals surface area (Å²) in [6, 6.07) is 0. The van der Waals surface area contributed by atoms with Crippen LogP contribution in [0.15, 0.2) is 6.20 Å². The average molecular weight is 171 g/mol. The predicted octanol–water partition coefficient (Wildman–Crippen LogP) is 0.120. The Hall–Kier alpha value is -1.23. The molecule has 0 atom stereocenters. The van der Waals surface area contributed by atoms with Crippen molar-refractivity contribution in [2.45, 2.75) is 6.54 Å². The molecule has 5 heteroatoms. The van der Waals surface area contributed by atoms with Crippen molar-refractivity contribution in [2.24, 2.45) is 0 Å². The summed E-state index contributed by atoms with van der Waals surface area (Å²) in [6.07, 6.45) is 1.72. The molecule has 0 aliphatic heterocycles. The first-order valence-electron chi connectivity index (χ1n) is 3.63. The first-order valence-corrected chi connectivity index (χ1v) is 3.63. The van der Waals surface area contributed by atoms with Gasteiger partial charge in [0.1, 0.15) is 5.69 Å². The van der Waals surface area contributed by atoms with Gasteiger partial charge in [0.15, 0.2) is 0 Å². The number of hydrogen-bond acceptors (Lipinski definition) is 4. The number of nitrogens with two attached hydrogens (primary N) is 1. The Labute approximate surface area is 71.1 Å². The lowest BCUT2D eigenvalue weighted by Crippen LogP contribution is -2.04. The highest BCUT2D eigenvalue weighted by atomic mass is 16.5. The van der Waals surface area contributed by atoms with Crippen LogP contribution in [0.3, 0.4) is 0 Å². The first-order chi connectivity index (χ1) is 5.77. The molecule has 0 fully saturated rings. The van der Waals surface area contributed by atoms with E-state index < -0.39 is 0 Å². The lowest BCUT2D eigenvalue weighted by Gasteiger charge is -1.97. The number of hydrogen-bond donors (Lipinski definition) is 1. The minimum absolute atomic E-state index is 0.464. The number of ether oxygens (including phenoxy) is 2. The smallest absolute Gasteiger partial charge is 0.256 e. The van der Waals surface area contributed by atoms with Crippen molar-refractivity contribution in [2.75, 3.05) is 26.6 Å². The molecule has 2 N–H and O–H groups in total. The van der Waals surface area contributed by atoms with E-state index in [-0.39, 0.29) is 0 Å². The standard InChI is InChI=1S/C7H13N3O2/c1-11-4-3-10-5-6(8)7(9-10)12-2/h5H,3-4,8H2,1-2H3. The van der Waals surface area contributed by atoms with Crippen molar-refractivity contribution in [3.63, 3.8) is 0 Å². The van der Waals surface area contributed by atoms with Gasteiger partial charge in [-0.25, -0.2) is 0 Å². The van der Waals surface area contributed by atoms with E-state index in [9.17, 15) is 0 Å². The lowest BCUT2D eigenvalue weighted by molar-refractivity contribution is 0.183.